The maximum absolute atomic E-state index is 11.5. The second kappa shape index (κ2) is 3.89. The topological polar surface area (TPSA) is 78.3 Å². The van der Waals surface area contributed by atoms with Gasteiger partial charge in [-0.05, 0) is 26.8 Å². The number of esters is 1. The second-order valence-electron chi connectivity index (χ2n) is 4.34. The van der Waals surface area contributed by atoms with Crippen LogP contribution < -0.4 is 0 Å². The molecule has 1 rings (SSSR count). The van der Waals surface area contributed by atoms with Crippen LogP contribution in [0, 0.1) is 0 Å². The van der Waals surface area contributed by atoms with E-state index in [4.69, 9.17) is 4.74 Å². The molecule has 0 aliphatic carbocycles. The molecule has 0 bridgehead atoms. The summed E-state index contributed by atoms with van der Waals surface area (Å²) in [7, 11) is -3.46. The first kappa shape index (κ1) is 12.7. The van der Waals surface area contributed by atoms with Crippen molar-refractivity contribution in [3.05, 3.63) is 18.0 Å². The lowest BCUT2D eigenvalue weighted by molar-refractivity contribution is 0.00626. The molecule has 0 spiro atoms. The Morgan fingerprint density at radius 3 is 2.38 bits per heavy atom. The average Bonchev–Trinajstić information content (AvgIpc) is 2.46. The van der Waals surface area contributed by atoms with Crippen molar-refractivity contribution in [3.63, 3.8) is 0 Å². The van der Waals surface area contributed by atoms with Crippen LogP contribution in [0.25, 0.3) is 0 Å². The number of aromatic nitrogens is 2. The molecule has 0 fully saturated rings. The molecule has 90 valence electrons. The van der Waals surface area contributed by atoms with Crippen molar-refractivity contribution in [2.75, 3.05) is 6.26 Å². The fourth-order valence-corrected chi connectivity index (χ4v) is 1.45. The normalized spacial score (nSPS) is 12.5. The highest BCUT2D eigenvalue weighted by Gasteiger charge is 2.20. The summed E-state index contributed by atoms with van der Waals surface area (Å²) in [4.78, 5) is 11.5. The highest BCUT2D eigenvalue weighted by atomic mass is 32.2. The van der Waals surface area contributed by atoms with Crippen LogP contribution in [0.2, 0.25) is 0 Å². The van der Waals surface area contributed by atoms with Gasteiger partial charge in [0.2, 0.25) is 0 Å². The summed E-state index contributed by atoms with van der Waals surface area (Å²) in [5.74, 6) is -0.644. The molecule has 0 atom stereocenters. The van der Waals surface area contributed by atoms with E-state index >= 15 is 0 Å². The van der Waals surface area contributed by atoms with E-state index in [2.05, 4.69) is 5.10 Å². The van der Waals surface area contributed by atoms with Gasteiger partial charge in [-0.15, -0.1) is 0 Å². The Balaban J connectivity index is 2.92. The standard InChI is InChI=1S/C9H14N2O4S/c1-9(2,3)15-8(12)7-5-6-11(10-7)16(4,13)14/h5-6H,1-4H3. The zero-order valence-electron chi connectivity index (χ0n) is 9.59. The Bertz CT molecular complexity index is 496. The van der Waals surface area contributed by atoms with Gasteiger partial charge in [0.05, 0.1) is 6.26 Å². The van der Waals surface area contributed by atoms with E-state index in [1.807, 2.05) is 0 Å². The minimum Gasteiger partial charge on any atom is -0.455 e. The van der Waals surface area contributed by atoms with Crippen LogP contribution in [0.3, 0.4) is 0 Å². The van der Waals surface area contributed by atoms with E-state index in [1.165, 1.54) is 12.3 Å². The Hall–Kier alpha value is -1.37. The number of ether oxygens (including phenoxy) is 1. The Morgan fingerprint density at radius 1 is 1.44 bits per heavy atom. The first-order chi connectivity index (χ1) is 7.09. The molecule has 0 radical (unpaired) electrons. The van der Waals surface area contributed by atoms with Gasteiger partial charge in [-0.3, -0.25) is 0 Å². The molecule has 0 aliphatic rings. The third-order valence-corrected chi connectivity index (χ3v) is 2.40. The molecular weight excluding hydrogens is 232 g/mol. The molecule has 6 nitrogen and oxygen atoms in total. The first-order valence-corrected chi connectivity index (χ1v) is 6.44. The Morgan fingerprint density at radius 2 is 2.00 bits per heavy atom. The molecule has 0 unspecified atom stereocenters. The van der Waals surface area contributed by atoms with Gasteiger partial charge in [0.25, 0.3) is 10.0 Å². The minimum absolute atomic E-state index is 0.0275. The maximum atomic E-state index is 11.5. The van der Waals surface area contributed by atoms with E-state index in [-0.39, 0.29) is 5.69 Å². The predicted octanol–water partition coefficient (Wildman–Crippen LogP) is 0.646. The maximum Gasteiger partial charge on any atom is 0.359 e. The Labute approximate surface area is 94.3 Å². The number of hydrogen-bond donors (Lipinski definition) is 0. The van der Waals surface area contributed by atoms with Crippen LogP contribution in [-0.2, 0) is 14.8 Å². The number of carbonyl (C=O) groups is 1. The average molecular weight is 246 g/mol. The SMILES string of the molecule is CC(C)(C)OC(=O)c1ccn(S(C)(=O)=O)n1. The molecule has 16 heavy (non-hydrogen) atoms. The molecule has 0 aliphatic heterocycles. The van der Waals surface area contributed by atoms with Crippen molar-refractivity contribution in [2.24, 2.45) is 0 Å². The van der Waals surface area contributed by atoms with Crippen molar-refractivity contribution in [3.8, 4) is 0 Å². The molecule has 0 saturated heterocycles. The van der Waals surface area contributed by atoms with Gasteiger partial charge in [-0.1, -0.05) is 0 Å². The second-order valence-corrected chi connectivity index (χ2v) is 6.18. The zero-order valence-corrected chi connectivity index (χ0v) is 10.4. The van der Waals surface area contributed by atoms with Gasteiger partial charge in [0.15, 0.2) is 5.69 Å². The molecule has 1 aromatic heterocycles. The predicted molar refractivity (Wildman–Crippen MR) is 57.6 cm³/mol. The molecule has 1 heterocycles. The zero-order chi connectivity index (χ0) is 12.6. The number of hydrogen-bond acceptors (Lipinski definition) is 5. The lowest BCUT2D eigenvalue weighted by Crippen LogP contribution is -2.24. The van der Waals surface area contributed by atoms with Crippen molar-refractivity contribution in [2.45, 2.75) is 26.4 Å². The van der Waals surface area contributed by atoms with Crippen LogP contribution in [0.15, 0.2) is 12.3 Å². The molecule has 1 aromatic rings. The van der Waals surface area contributed by atoms with Crippen molar-refractivity contribution >= 4 is 16.0 Å². The summed E-state index contributed by atoms with van der Waals surface area (Å²) in [6.07, 6.45) is 2.20. The summed E-state index contributed by atoms with van der Waals surface area (Å²) < 4.78 is 28.0. The van der Waals surface area contributed by atoms with E-state index in [0.29, 0.717) is 0 Å². The van der Waals surface area contributed by atoms with Crippen molar-refractivity contribution < 1.29 is 17.9 Å². The van der Waals surface area contributed by atoms with Crippen LogP contribution in [0.4, 0.5) is 0 Å². The third kappa shape index (κ3) is 3.34. The van der Waals surface area contributed by atoms with Crippen LogP contribution in [0.1, 0.15) is 31.3 Å². The van der Waals surface area contributed by atoms with Gasteiger partial charge in [-0.25, -0.2) is 13.2 Å². The summed E-state index contributed by atoms with van der Waals surface area (Å²) in [6, 6.07) is 1.30. The molecule has 0 N–H and O–H groups in total. The smallest absolute Gasteiger partial charge is 0.359 e. The minimum atomic E-state index is -3.46. The lowest BCUT2D eigenvalue weighted by atomic mass is 10.2. The summed E-state index contributed by atoms with van der Waals surface area (Å²) in [6.45, 7) is 5.16. The van der Waals surface area contributed by atoms with Crippen LogP contribution in [0.5, 0.6) is 0 Å². The summed E-state index contributed by atoms with van der Waals surface area (Å²) in [5, 5.41) is 3.62. The monoisotopic (exact) mass is 246 g/mol. The van der Waals surface area contributed by atoms with Gasteiger partial charge in [-0.2, -0.15) is 9.19 Å². The molecule has 0 saturated carbocycles. The lowest BCUT2D eigenvalue weighted by Gasteiger charge is -2.18. The quantitative estimate of drug-likeness (QED) is 0.716. The fraction of sp³-hybridized carbons (Fsp3) is 0.556. The fourth-order valence-electron chi connectivity index (χ4n) is 0.931. The van der Waals surface area contributed by atoms with Crippen LogP contribution in [-0.4, -0.2) is 35.4 Å². The third-order valence-electron chi connectivity index (χ3n) is 1.51. The molecule has 0 aromatic carbocycles. The van der Waals surface area contributed by atoms with Gasteiger partial charge < -0.3 is 4.74 Å². The number of nitrogens with zero attached hydrogens (tertiary/aromatic N) is 2. The largest absolute Gasteiger partial charge is 0.455 e. The molecule has 7 heteroatoms. The van der Waals surface area contributed by atoms with E-state index < -0.39 is 21.6 Å². The molecule has 0 amide bonds. The highest BCUT2D eigenvalue weighted by Crippen LogP contribution is 2.10. The van der Waals surface area contributed by atoms with Crippen molar-refractivity contribution in [1.82, 2.24) is 9.19 Å². The summed E-state index contributed by atoms with van der Waals surface area (Å²) in [5.41, 5.74) is -0.660. The Kier molecular flexibility index (Phi) is 3.09. The van der Waals surface area contributed by atoms with Crippen LogP contribution >= 0.6 is 0 Å². The van der Waals surface area contributed by atoms with Gasteiger partial charge >= 0.3 is 5.97 Å². The van der Waals surface area contributed by atoms with E-state index in [9.17, 15) is 13.2 Å². The van der Waals surface area contributed by atoms with E-state index in [1.54, 1.807) is 20.8 Å². The number of rotatable bonds is 2. The molecular formula is C9H14N2O4S. The highest BCUT2D eigenvalue weighted by molar-refractivity contribution is 7.89. The van der Waals surface area contributed by atoms with E-state index in [0.717, 1.165) is 10.3 Å². The van der Waals surface area contributed by atoms with Gasteiger partial charge in [0.1, 0.15) is 5.60 Å². The van der Waals surface area contributed by atoms with Crippen molar-refractivity contribution in [1.29, 1.82) is 0 Å². The van der Waals surface area contributed by atoms with Gasteiger partial charge in [0, 0.05) is 6.20 Å². The summed E-state index contributed by atoms with van der Waals surface area (Å²) >= 11 is 0. The first-order valence-electron chi connectivity index (χ1n) is 4.59. The number of carbonyl (C=O) groups excluding carboxylic acids is 1.